The van der Waals surface area contributed by atoms with Crippen molar-refractivity contribution < 1.29 is 19.1 Å². The van der Waals surface area contributed by atoms with Crippen LogP contribution in [-0.4, -0.2) is 30.6 Å². The fraction of sp³-hybridized carbons (Fsp3) is 0.462. The lowest BCUT2D eigenvalue weighted by atomic mass is 10.0. The Morgan fingerprint density at radius 1 is 1.42 bits per heavy atom. The van der Waals surface area contributed by atoms with Crippen molar-refractivity contribution in [3.63, 3.8) is 0 Å². The lowest BCUT2D eigenvalue weighted by molar-refractivity contribution is -0.143. The van der Waals surface area contributed by atoms with Gasteiger partial charge in [-0.3, -0.25) is 9.78 Å². The molecule has 0 aliphatic heterocycles. The molecule has 1 aromatic rings. The van der Waals surface area contributed by atoms with Crippen molar-refractivity contribution in [3.8, 4) is 0 Å². The molecule has 19 heavy (non-hydrogen) atoms. The van der Waals surface area contributed by atoms with Gasteiger partial charge < -0.3 is 9.47 Å². The highest BCUT2D eigenvalue weighted by molar-refractivity contribution is 9.10. The number of rotatable bonds is 5. The number of esters is 2. The number of aromatic nitrogens is 1. The molecule has 0 aliphatic carbocycles. The smallest absolute Gasteiger partial charge is 0.340 e. The van der Waals surface area contributed by atoms with Crippen LogP contribution in [0.4, 0.5) is 0 Å². The van der Waals surface area contributed by atoms with Gasteiger partial charge in [-0.25, -0.2) is 4.79 Å². The van der Waals surface area contributed by atoms with E-state index in [1.807, 2.05) is 0 Å². The SMILES string of the molecule is CCOC(=O)CCc1ncc(Br)c(C)c1C(=O)OC. The molecule has 0 fully saturated rings. The Labute approximate surface area is 120 Å². The van der Waals surface area contributed by atoms with Gasteiger partial charge in [-0.1, -0.05) is 0 Å². The molecule has 0 atom stereocenters. The van der Waals surface area contributed by atoms with E-state index in [0.717, 1.165) is 10.0 Å². The number of ether oxygens (including phenoxy) is 2. The molecule has 104 valence electrons. The fourth-order valence-corrected chi connectivity index (χ4v) is 1.95. The van der Waals surface area contributed by atoms with Crippen LogP contribution in [0.1, 0.15) is 35.0 Å². The van der Waals surface area contributed by atoms with Crippen LogP contribution in [0.25, 0.3) is 0 Å². The molecule has 0 radical (unpaired) electrons. The normalized spacial score (nSPS) is 10.1. The van der Waals surface area contributed by atoms with E-state index in [0.29, 0.717) is 24.3 Å². The zero-order chi connectivity index (χ0) is 14.4. The van der Waals surface area contributed by atoms with Crippen molar-refractivity contribution >= 4 is 27.9 Å². The minimum atomic E-state index is -0.454. The maximum atomic E-state index is 11.8. The fourth-order valence-electron chi connectivity index (χ4n) is 1.65. The van der Waals surface area contributed by atoms with E-state index in [-0.39, 0.29) is 12.4 Å². The maximum Gasteiger partial charge on any atom is 0.340 e. The minimum Gasteiger partial charge on any atom is -0.466 e. The van der Waals surface area contributed by atoms with Crippen LogP contribution < -0.4 is 0 Å². The number of pyridine rings is 1. The molecule has 0 N–H and O–H groups in total. The molecule has 0 saturated carbocycles. The summed E-state index contributed by atoms with van der Waals surface area (Å²) in [5.74, 6) is -0.758. The quantitative estimate of drug-likeness (QED) is 0.776. The highest BCUT2D eigenvalue weighted by atomic mass is 79.9. The number of carbonyl (C=O) groups excluding carboxylic acids is 2. The third-order valence-corrected chi connectivity index (χ3v) is 3.42. The zero-order valence-electron chi connectivity index (χ0n) is 11.2. The summed E-state index contributed by atoms with van der Waals surface area (Å²) in [6.45, 7) is 3.89. The van der Waals surface area contributed by atoms with Crippen LogP contribution in [0.3, 0.4) is 0 Å². The van der Waals surface area contributed by atoms with Crippen molar-refractivity contribution in [3.05, 3.63) is 27.5 Å². The number of methoxy groups -OCH3 is 1. The summed E-state index contributed by atoms with van der Waals surface area (Å²) in [5, 5.41) is 0. The van der Waals surface area contributed by atoms with Crippen LogP contribution in [0.15, 0.2) is 10.7 Å². The van der Waals surface area contributed by atoms with E-state index in [4.69, 9.17) is 9.47 Å². The number of hydrogen-bond donors (Lipinski definition) is 0. The van der Waals surface area contributed by atoms with Gasteiger partial charge in [0.25, 0.3) is 0 Å². The summed E-state index contributed by atoms with van der Waals surface area (Å²) < 4.78 is 10.3. The molecular weight excluding hydrogens is 314 g/mol. The number of halogens is 1. The Hall–Kier alpha value is -1.43. The van der Waals surface area contributed by atoms with Gasteiger partial charge in [-0.15, -0.1) is 0 Å². The highest BCUT2D eigenvalue weighted by Gasteiger charge is 2.19. The van der Waals surface area contributed by atoms with Crippen molar-refractivity contribution in [1.82, 2.24) is 4.98 Å². The maximum absolute atomic E-state index is 11.8. The van der Waals surface area contributed by atoms with Gasteiger partial charge in [-0.2, -0.15) is 0 Å². The van der Waals surface area contributed by atoms with E-state index >= 15 is 0 Å². The monoisotopic (exact) mass is 329 g/mol. The Bertz CT molecular complexity index is 488. The second-order valence-corrected chi connectivity index (χ2v) is 4.70. The number of carbonyl (C=O) groups is 2. The standard InChI is InChI=1S/C13H16BrNO4/c1-4-19-11(16)6-5-10-12(13(17)18-3)8(2)9(14)7-15-10/h7H,4-6H2,1-3H3. The molecule has 0 saturated heterocycles. The summed E-state index contributed by atoms with van der Waals surface area (Å²) >= 11 is 3.32. The summed E-state index contributed by atoms with van der Waals surface area (Å²) in [7, 11) is 1.32. The predicted octanol–water partition coefficient (Wildman–Crippen LogP) is 2.43. The Morgan fingerprint density at radius 2 is 2.11 bits per heavy atom. The molecule has 0 spiro atoms. The minimum absolute atomic E-state index is 0.186. The van der Waals surface area contributed by atoms with Crippen molar-refractivity contribution in [2.45, 2.75) is 26.7 Å². The first-order chi connectivity index (χ1) is 9.01. The van der Waals surface area contributed by atoms with E-state index in [1.165, 1.54) is 7.11 Å². The first kappa shape index (κ1) is 15.6. The van der Waals surface area contributed by atoms with Gasteiger partial charge in [0.15, 0.2) is 0 Å². The number of nitrogens with zero attached hydrogens (tertiary/aromatic N) is 1. The van der Waals surface area contributed by atoms with E-state index in [1.54, 1.807) is 20.0 Å². The van der Waals surface area contributed by atoms with Crippen molar-refractivity contribution in [1.29, 1.82) is 0 Å². The summed E-state index contributed by atoms with van der Waals surface area (Å²) in [6.07, 6.45) is 2.14. The lowest BCUT2D eigenvalue weighted by Gasteiger charge is -2.11. The lowest BCUT2D eigenvalue weighted by Crippen LogP contribution is -2.13. The summed E-state index contributed by atoms with van der Waals surface area (Å²) in [6, 6.07) is 0. The predicted molar refractivity (Wildman–Crippen MR) is 73.0 cm³/mol. The third kappa shape index (κ3) is 4.02. The van der Waals surface area contributed by atoms with Gasteiger partial charge >= 0.3 is 11.9 Å². The number of aryl methyl sites for hydroxylation is 1. The molecule has 6 heteroatoms. The summed E-state index contributed by atoms with van der Waals surface area (Å²) in [4.78, 5) is 27.3. The Morgan fingerprint density at radius 3 is 2.68 bits per heavy atom. The molecule has 1 heterocycles. The Kier molecular flexibility index (Phi) is 5.95. The number of hydrogen-bond acceptors (Lipinski definition) is 5. The van der Waals surface area contributed by atoms with Crippen molar-refractivity contribution in [2.75, 3.05) is 13.7 Å². The molecule has 0 aromatic carbocycles. The average molecular weight is 330 g/mol. The van der Waals surface area contributed by atoms with Crippen LogP contribution in [0.2, 0.25) is 0 Å². The molecule has 1 aromatic heterocycles. The molecule has 5 nitrogen and oxygen atoms in total. The topological polar surface area (TPSA) is 65.5 Å². The van der Waals surface area contributed by atoms with Gasteiger partial charge in [0, 0.05) is 17.1 Å². The first-order valence-electron chi connectivity index (χ1n) is 5.89. The molecule has 1 rings (SSSR count). The largest absolute Gasteiger partial charge is 0.466 e. The second kappa shape index (κ2) is 7.23. The molecule has 0 aliphatic rings. The van der Waals surface area contributed by atoms with Crippen molar-refractivity contribution in [2.24, 2.45) is 0 Å². The average Bonchev–Trinajstić information content (AvgIpc) is 2.39. The zero-order valence-corrected chi connectivity index (χ0v) is 12.7. The summed E-state index contributed by atoms with van der Waals surface area (Å²) in [5.41, 5.74) is 1.70. The van der Waals surface area contributed by atoms with E-state index in [9.17, 15) is 9.59 Å². The van der Waals surface area contributed by atoms with Crippen LogP contribution in [0, 0.1) is 6.92 Å². The second-order valence-electron chi connectivity index (χ2n) is 3.85. The molecule has 0 unspecified atom stereocenters. The third-order valence-electron chi connectivity index (χ3n) is 2.62. The Balaban J connectivity index is 2.97. The van der Waals surface area contributed by atoms with E-state index < -0.39 is 5.97 Å². The first-order valence-corrected chi connectivity index (χ1v) is 6.68. The van der Waals surface area contributed by atoms with Gasteiger partial charge in [0.05, 0.1) is 31.4 Å². The van der Waals surface area contributed by atoms with Gasteiger partial charge in [-0.05, 0) is 35.3 Å². The molecular formula is C13H16BrNO4. The van der Waals surface area contributed by atoms with Gasteiger partial charge in [0.2, 0.25) is 0 Å². The van der Waals surface area contributed by atoms with Gasteiger partial charge in [0.1, 0.15) is 0 Å². The van der Waals surface area contributed by atoms with Crippen LogP contribution in [0.5, 0.6) is 0 Å². The molecule has 0 bridgehead atoms. The molecule has 0 amide bonds. The van der Waals surface area contributed by atoms with Crippen LogP contribution >= 0.6 is 15.9 Å². The highest BCUT2D eigenvalue weighted by Crippen LogP contribution is 2.23. The van der Waals surface area contributed by atoms with E-state index in [2.05, 4.69) is 20.9 Å². The van der Waals surface area contributed by atoms with Crippen LogP contribution in [-0.2, 0) is 20.7 Å².